The van der Waals surface area contributed by atoms with Crippen molar-refractivity contribution in [3.8, 4) is 6.07 Å². The number of nitrogens with one attached hydrogen (secondary N) is 1. The molecule has 18 heavy (non-hydrogen) atoms. The van der Waals surface area contributed by atoms with Gasteiger partial charge in [-0.1, -0.05) is 17.3 Å². The zero-order chi connectivity index (χ0) is 12.4. The molecule has 0 aliphatic carbocycles. The first-order valence-electron chi connectivity index (χ1n) is 5.44. The number of hydrogen-bond donors (Lipinski definition) is 1. The summed E-state index contributed by atoms with van der Waals surface area (Å²) in [6, 6.07) is 13.4. The molecular weight excluding hydrogens is 226 g/mol. The lowest BCUT2D eigenvalue weighted by Gasteiger charge is -1.98. The van der Waals surface area contributed by atoms with Crippen molar-refractivity contribution in [2.45, 2.75) is 0 Å². The largest absolute Gasteiger partial charge is 0.362 e. The number of para-hydroxylation sites is 1. The van der Waals surface area contributed by atoms with E-state index in [9.17, 15) is 5.26 Å². The lowest BCUT2D eigenvalue weighted by molar-refractivity contribution is 0.848. The Bertz CT molecular complexity index is 743. The van der Waals surface area contributed by atoms with Gasteiger partial charge in [0.15, 0.2) is 0 Å². The van der Waals surface area contributed by atoms with Crippen LogP contribution < -0.4 is 0 Å². The monoisotopic (exact) mass is 235 g/mol. The van der Waals surface area contributed by atoms with E-state index in [0.29, 0.717) is 5.70 Å². The molecule has 3 aromatic rings. The number of aromatic amines is 1. The second kappa shape index (κ2) is 4.18. The standard InChI is InChI=1S/C13H9N5/c14-9-11(8-10-4-3-7-15-10)18-13-6-2-1-5-12(13)16-17-18/h1-8,15H/b11-8+. The lowest BCUT2D eigenvalue weighted by atomic mass is 10.3. The van der Waals surface area contributed by atoms with Gasteiger partial charge in [0.25, 0.3) is 0 Å². The van der Waals surface area contributed by atoms with E-state index in [-0.39, 0.29) is 0 Å². The van der Waals surface area contributed by atoms with Gasteiger partial charge in [0, 0.05) is 11.9 Å². The molecule has 0 aliphatic heterocycles. The fourth-order valence-electron chi connectivity index (χ4n) is 1.77. The van der Waals surface area contributed by atoms with E-state index in [2.05, 4.69) is 21.4 Å². The summed E-state index contributed by atoms with van der Waals surface area (Å²) < 4.78 is 1.54. The van der Waals surface area contributed by atoms with E-state index >= 15 is 0 Å². The van der Waals surface area contributed by atoms with Gasteiger partial charge in [-0.15, -0.1) is 5.10 Å². The van der Waals surface area contributed by atoms with Gasteiger partial charge in [0.2, 0.25) is 0 Å². The maximum atomic E-state index is 9.24. The molecule has 1 N–H and O–H groups in total. The number of nitrogens with zero attached hydrogens (tertiary/aromatic N) is 4. The molecule has 2 aromatic heterocycles. The summed E-state index contributed by atoms with van der Waals surface area (Å²) in [6.45, 7) is 0. The summed E-state index contributed by atoms with van der Waals surface area (Å²) in [5.41, 5.74) is 2.86. The van der Waals surface area contributed by atoms with Crippen molar-refractivity contribution in [2.24, 2.45) is 0 Å². The Labute approximate surface area is 103 Å². The third-order valence-corrected chi connectivity index (χ3v) is 2.61. The Morgan fingerprint density at radius 3 is 2.94 bits per heavy atom. The average Bonchev–Trinajstić information content (AvgIpc) is 3.05. The zero-order valence-corrected chi connectivity index (χ0v) is 9.41. The Morgan fingerprint density at radius 2 is 2.17 bits per heavy atom. The van der Waals surface area contributed by atoms with Crippen molar-refractivity contribution in [3.63, 3.8) is 0 Å². The van der Waals surface area contributed by atoms with E-state index in [1.807, 2.05) is 36.4 Å². The summed E-state index contributed by atoms with van der Waals surface area (Å²) in [5, 5.41) is 17.3. The predicted molar refractivity (Wildman–Crippen MR) is 68.1 cm³/mol. The first-order chi connectivity index (χ1) is 8.88. The third-order valence-electron chi connectivity index (χ3n) is 2.61. The summed E-state index contributed by atoms with van der Waals surface area (Å²) in [5.74, 6) is 0. The second-order valence-electron chi connectivity index (χ2n) is 3.76. The number of aromatic nitrogens is 4. The van der Waals surface area contributed by atoms with Crippen molar-refractivity contribution in [3.05, 3.63) is 48.3 Å². The highest BCUT2D eigenvalue weighted by Gasteiger charge is 2.07. The van der Waals surface area contributed by atoms with E-state index in [0.717, 1.165) is 16.7 Å². The molecule has 0 saturated heterocycles. The summed E-state index contributed by atoms with van der Waals surface area (Å²) in [6.07, 6.45) is 3.54. The molecule has 0 amide bonds. The fraction of sp³-hybridized carbons (Fsp3) is 0. The molecule has 0 spiro atoms. The number of H-pyrrole nitrogens is 1. The second-order valence-corrected chi connectivity index (χ2v) is 3.76. The Balaban J connectivity index is 2.16. The van der Waals surface area contributed by atoms with Gasteiger partial charge in [0.1, 0.15) is 17.3 Å². The topological polar surface area (TPSA) is 70.3 Å². The Kier molecular flexibility index (Phi) is 2.39. The van der Waals surface area contributed by atoms with Crippen LogP contribution in [0.1, 0.15) is 5.69 Å². The molecule has 0 unspecified atom stereocenters. The van der Waals surface area contributed by atoms with Crippen LogP contribution in [-0.2, 0) is 0 Å². The molecule has 1 aromatic carbocycles. The highest BCUT2D eigenvalue weighted by molar-refractivity contribution is 5.85. The Morgan fingerprint density at radius 1 is 1.28 bits per heavy atom. The van der Waals surface area contributed by atoms with Gasteiger partial charge in [-0.05, 0) is 30.3 Å². The van der Waals surface area contributed by atoms with Crippen molar-refractivity contribution >= 4 is 22.8 Å². The van der Waals surface area contributed by atoms with Crippen LogP contribution in [0.15, 0.2) is 42.6 Å². The van der Waals surface area contributed by atoms with Crippen molar-refractivity contribution in [1.82, 2.24) is 20.0 Å². The number of hydrogen-bond acceptors (Lipinski definition) is 3. The number of benzene rings is 1. The number of fused-ring (bicyclic) bond motifs is 1. The SMILES string of the molecule is N#C/C(=C\c1ccc[nH]1)n1nnc2ccccc21. The van der Waals surface area contributed by atoms with E-state index in [4.69, 9.17) is 0 Å². The average molecular weight is 235 g/mol. The zero-order valence-electron chi connectivity index (χ0n) is 9.41. The van der Waals surface area contributed by atoms with Crippen LogP contribution >= 0.6 is 0 Å². The minimum absolute atomic E-state index is 0.422. The summed E-state index contributed by atoms with van der Waals surface area (Å²) in [7, 11) is 0. The molecule has 0 fully saturated rings. The molecule has 86 valence electrons. The van der Waals surface area contributed by atoms with Crippen LogP contribution in [0.25, 0.3) is 22.8 Å². The maximum absolute atomic E-state index is 9.24. The van der Waals surface area contributed by atoms with Crippen LogP contribution in [0.4, 0.5) is 0 Å². The quantitative estimate of drug-likeness (QED) is 0.693. The molecule has 5 nitrogen and oxygen atoms in total. The number of allylic oxidation sites excluding steroid dienone is 1. The van der Waals surface area contributed by atoms with Crippen molar-refractivity contribution < 1.29 is 0 Å². The minimum Gasteiger partial charge on any atom is -0.362 e. The summed E-state index contributed by atoms with van der Waals surface area (Å²) >= 11 is 0. The highest BCUT2D eigenvalue weighted by Crippen LogP contribution is 2.16. The van der Waals surface area contributed by atoms with Crippen LogP contribution in [0, 0.1) is 11.3 Å². The molecule has 2 heterocycles. The molecule has 3 rings (SSSR count). The van der Waals surface area contributed by atoms with E-state index in [1.165, 1.54) is 4.68 Å². The van der Waals surface area contributed by atoms with Crippen LogP contribution in [0.3, 0.4) is 0 Å². The van der Waals surface area contributed by atoms with Crippen LogP contribution in [0.5, 0.6) is 0 Å². The van der Waals surface area contributed by atoms with E-state index < -0.39 is 0 Å². The molecule has 5 heteroatoms. The van der Waals surface area contributed by atoms with Gasteiger partial charge in [0.05, 0.1) is 5.52 Å². The van der Waals surface area contributed by atoms with Crippen molar-refractivity contribution in [1.29, 1.82) is 5.26 Å². The normalized spacial score (nSPS) is 11.6. The first kappa shape index (κ1) is 10.3. The predicted octanol–water partition coefficient (Wildman–Crippen LogP) is 2.28. The summed E-state index contributed by atoms with van der Waals surface area (Å²) in [4.78, 5) is 3.02. The molecular formula is C13H9N5. The molecule has 0 atom stereocenters. The molecule has 0 radical (unpaired) electrons. The van der Waals surface area contributed by atoms with Crippen LogP contribution in [0.2, 0.25) is 0 Å². The van der Waals surface area contributed by atoms with Gasteiger partial charge in [-0.3, -0.25) is 0 Å². The van der Waals surface area contributed by atoms with Gasteiger partial charge >= 0.3 is 0 Å². The molecule has 0 saturated carbocycles. The fourth-order valence-corrected chi connectivity index (χ4v) is 1.77. The lowest BCUT2D eigenvalue weighted by Crippen LogP contribution is -1.97. The van der Waals surface area contributed by atoms with Gasteiger partial charge in [-0.2, -0.15) is 5.26 Å². The molecule has 0 bridgehead atoms. The Hall–Kier alpha value is -2.87. The maximum Gasteiger partial charge on any atom is 0.146 e. The first-order valence-corrected chi connectivity index (χ1v) is 5.44. The third kappa shape index (κ3) is 1.66. The van der Waals surface area contributed by atoms with E-state index in [1.54, 1.807) is 12.3 Å². The van der Waals surface area contributed by atoms with Crippen LogP contribution in [-0.4, -0.2) is 20.0 Å². The smallest absolute Gasteiger partial charge is 0.146 e. The highest BCUT2D eigenvalue weighted by atomic mass is 15.4. The van der Waals surface area contributed by atoms with Gasteiger partial charge in [-0.25, -0.2) is 4.68 Å². The van der Waals surface area contributed by atoms with Gasteiger partial charge < -0.3 is 4.98 Å². The van der Waals surface area contributed by atoms with Crippen molar-refractivity contribution in [2.75, 3.05) is 0 Å². The number of rotatable bonds is 2. The molecule has 0 aliphatic rings. The number of nitriles is 1. The minimum atomic E-state index is 0.422.